The van der Waals surface area contributed by atoms with E-state index in [9.17, 15) is 9.59 Å². The van der Waals surface area contributed by atoms with Crippen molar-refractivity contribution in [1.29, 1.82) is 0 Å². The maximum absolute atomic E-state index is 12.7. The normalized spacial score (nSPS) is 14.7. The Morgan fingerprint density at radius 3 is 2.67 bits per heavy atom. The third-order valence-corrected chi connectivity index (χ3v) is 7.49. The van der Waals surface area contributed by atoms with E-state index in [-0.39, 0.29) is 31.9 Å². The van der Waals surface area contributed by atoms with Gasteiger partial charge >= 0.3 is 5.97 Å². The van der Waals surface area contributed by atoms with Crippen LogP contribution < -0.4 is 10.1 Å². The van der Waals surface area contributed by atoms with Crippen LogP contribution in [0, 0.1) is 12.8 Å². The Morgan fingerprint density at radius 1 is 1.10 bits per heavy atom. The molecule has 0 aliphatic carbocycles. The Bertz CT molecular complexity index is 1530. The van der Waals surface area contributed by atoms with Gasteiger partial charge in [0.15, 0.2) is 6.61 Å². The average molecular weight is 544 g/mol. The van der Waals surface area contributed by atoms with Crippen LogP contribution in [0.1, 0.15) is 38.6 Å². The lowest BCUT2D eigenvalue weighted by atomic mass is 9.97. The minimum absolute atomic E-state index is 0. The van der Waals surface area contributed by atoms with E-state index in [1.807, 2.05) is 44.3 Å². The monoisotopic (exact) mass is 543 g/mol. The number of aryl methyl sites for hydroxylation is 2. The Balaban J connectivity index is 0.00000387. The lowest BCUT2D eigenvalue weighted by Crippen LogP contribution is -2.42. The maximum atomic E-state index is 12.7. The van der Waals surface area contributed by atoms with Crippen molar-refractivity contribution in [2.24, 2.45) is 13.0 Å². The standard InChI is InChI=1S/C31H35N5O4.H2/c1-20(32-29-18-27(33-21(2)34-29)25-9-8-22-10-13-35(3)28(22)17-25)24-6-5-7-26(16-24)40-19-30(37)36-14-11-23(12-15-36)31(38)39-4;/h5-10,13,16-18,20,23H,11-12,14-15,19H2,1-4H3,(H,32,33,34);1H. The molecule has 1 N–H and O–H groups in total. The van der Waals surface area contributed by atoms with Crippen LogP contribution in [0.3, 0.4) is 0 Å². The molecule has 4 aromatic rings. The SMILES string of the molecule is COC(=O)C1CCN(C(=O)COc2cccc(C(C)Nc3cc(-c4ccc5ccn(C)c5c4)nc(C)n3)c2)CC1.[HH]. The van der Waals surface area contributed by atoms with Crippen LogP contribution in [0.5, 0.6) is 5.75 Å². The molecule has 5 rings (SSSR count). The zero-order chi connectivity index (χ0) is 28.2. The van der Waals surface area contributed by atoms with Crippen molar-refractivity contribution in [3.05, 3.63) is 72.2 Å². The van der Waals surface area contributed by atoms with Gasteiger partial charge in [-0.2, -0.15) is 0 Å². The second kappa shape index (κ2) is 11.8. The fourth-order valence-corrected chi connectivity index (χ4v) is 5.16. The highest BCUT2D eigenvalue weighted by atomic mass is 16.5. The summed E-state index contributed by atoms with van der Waals surface area (Å²) >= 11 is 0. The molecule has 3 heterocycles. The lowest BCUT2D eigenvalue weighted by molar-refractivity contribution is -0.149. The molecule has 9 nitrogen and oxygen atoms in total. The van der Waals surface area contributed by atoms with E-state index >= 15 is 0 Å². The van der Waals surface area contributed by atoms with Gasteiger partial charge in [0, 0.05) is 44.9 Å². The second-order valence-corrected chi connectivity index (χ2v) is 10.3. The van der Waals surface area contributed by atoms with Crippen molar-refractivity contribution in [3.63, 3.8) is 0 Å². The molecule has 9 heteroatoms. The maximum Gasteiger partial charge on any atom is 0.308 e. The number of amides is 1. The fourth-order valence-electron chi connectivity index (χ4n) is 5.16. The van der Waals surface area contributed by atoms with Gasteiger partial charge in [-0.15, -0.1) is 0 Å². The third-order valence-electron chi connectivity index (χ3n) is 7.49. The highest BCUT2D eigenvalue weighted by molar-refractivity contribution is 5.85. The molecule has 2 aromatic heterocycles. The summed E-state index contributed by atoms with van der Waals surface area (Å²) in [4.78, 5) is 35.5. The fraction of sp³-hybridized carbons (Fsp3) is 0.355. The van der Waals surface area contributed by atoms with Gasteiger partial charge in [-0.25, -0.2) is 9.97 Å². The first-order valence-corrected chi connectivity index (χ1v) is 13.6. The van der Waals surface area contributed by atoms with Crippen molar-refractivity contribution in [2.45, 2.75) is 32.7 Å². The summed E-state index contributed by atoms with van der Waals surface area (Å²) in [6, 6.07) is 18.1. The van der Waals surface area contributed by atoms with Crippen LogP contribution >= 0.6 is 0 Å². The number of rotatable bonds is 8. The van der Waals surface area contributed by atoms with Gasteiger partial charge in [-0.1, -0.05) is 24.3 Å². The molecule has 40 heavy (non-hydrogen) atoms. The summed E-state index contributed by atoms with van der Waals surface area (Å²) in [6.07, 6.45) is 3.28. The summed E-state index contributed by atoms with van der Waals surface area (Å²) < 4.78 is 12.8. The molecule has 0 saturated carbocycles. The van der Waals surface area contributed by atoms with Gasteiger partial charge in [0.05, 0.1) is 24.8 Å². The topological polar surface area (TPSA) is 98.6 Å². The molecule has 1 aliphatic rings. The third kappa shape index (κ3) is 6.09. The summed E-state index contributed by atoms with van der Waals surface area (Å²) in [7, 11) is 3.44. The number of benzene rings is 2. The molecular formula is C31H37N5O4. The van der Waals surface area contributed by atoms with Gasteiger partial charge in [0.25, 0.3) is 5.91 Å². The number of hydrogen-bond acceptors (Lipinski definition) is 7. The average Bonchev–Trinajstić information content (AvgIpc) is 3.35. The van der Waals surface area contributed by atoms with E-state index in [1.54, 1.807) is 4.90 Å². The molecule has 0 spiro atoms. The summed E-state index contributed by atoms with van der Waals surface area (Å²) in [5.74, 6) is 1.62. The van der Waals surface area contributed by atoms with Crippen LogP contribution in [0.15, 0.2) is 60.8 Å². The molecule has 1 fully saturated rings. The highest BCUT2D eigenvalue weighted by Crippen LogP contribution is 2.27. The zero-order valence-corrected chi connectivity index (χ0v) is 23.4. The van der Waals surface area contributed by atoms with E-state index in [1.165, 1.54) is 12.5 Å². The predicted octanol–water partition coefficient (Wildman–Crippen LogP) is 5.15. The molecule has 1 saturated heterocycles. The molecule has 2 aromatic carbocycles. The summed E-state index contributed by atoms with van der Waals surface area (Å²) in [6.45, 7) is 4.96. The second-order valence-electron chi connectivity index (χ2n) is 10.3. The Kier molecular flexibility index (Phi) is 8.00. The van der Waals surface area contributed by atoms with E-state index in [0.29, 0.717) is 37.5 Å². The number of aromatic nitrogens is 3. The molecule has 1 aliphatic heterocycles. The van der Waals surface area contributed by atoms with Gasteiger partial charge in [-0.3, -0.25) is 9.59 Å². The van der Waals surface area contributed by atoms with Gasteiger partial charge in [0.1, 0.15) is 17.4 Å². The van der Waals surface area contributed by atoms with Crippen LogP contribution in [0.2, 0.25) is 0 Å². The Morgan fingerprint density at radius 2 is 1.90 bits per heavy atom. The number of fused-ring (bicyclic) bond motifs is 1. The number of carbonyl (C=O) groups is 2. The van der Waals surface area contributed by atoms with E-state index in [2.05, 4.69) is 57.2 Å². The van der Waals surface area contributed by atoms with Crippen LogP contribution in [0.4, 0.5) is 5.82 Å². The van der Waals surface area contributed by atoms with Crippen molar-refractivity contribution in [1.82, 2.24) is 19.4 Å². The Hall–Kier alpha value is -4.40. The number of hydrogen-bond donors (Lipinski definition) is 1. The number of nitrogens with one attached hydrogen (secondary N) is 1. The first-order valence-electron chi connectivity index (χ1n) is 13.6. The van der Waals surface area contributed by atoms with Crippen LogP contribution in [0.25, 0.3) is 22.2 Å². The summed E-state index contributed by atoms with van der Waals surface area (Å²) in [5.41, 5.74) is 4.05. The minimum atomic E-state index is -0.204. The van der Waals surface area contributed by atoms with Gasteiger partial charge in [0.2, 0.25) is 0 Å². The van der Waals surface area contributed by atoms with Crippen molar-refractivity contribution >= 4 is 28.6 Å². The van der Waals surface area contributed by atoms with Gasteiger partial charge < -0.3 is 24.3 Å². The number of esters is 1. The lowest BCUT2D eigenvalue weighted by Gasteiger charge is -2.30. The largest absolute Gasteiger partial charge is 0.484 e. The summed E-state index contributed by atoms with van der Waals surface area (Å²) in [5, 5.41) is 4.68. The minimum Gasteiger partial charge on any atom is -0.484 e. The zero-order valence-electron chi connectivity index (χ0n) is 23.4. The molecule has 210 valence electrons. The van der Waals surface area contributed by atoms with E-state index in [0.717, 1.165) is 28.2 Å². The quantitative estimate of drug-likeness (QED) is 0.307. The smallest absolute Gasteiger partial charge is 0.308 e. The number of ether oxygens (including phenoxy) is 2. The highest BCUT2D eigenvalue weighted by Gasteiger charge is 2.28. The van der Waals surface area contributed by atoms with Crippen molar-refractivity contribution in [3.8, 4) is 17.0 Å². The number of nitrogens with zero attached hydrogens (tertiary/aromatic N) is 4. The molecule has 1 atom stereocenters. The Labute approximate surface area is 235 Å². The van der Waals surface area contributed by atoms with Crippen molar-refractivity contribution < 1.29 is 20.5 Å². The first kappa shape index (κ1) is 27.2. The number of piperidine rings is 1. The number of likely N-dealkylation sites (tertiary alicyclic amines) is 1. The van der Waals surface area contributed by atoms with E-state index in [4.69, 9.17) is 9.47 Å². The molecule has 0 radical (unpaired) electrons. The van der Waals surface area contributed by atoms with Gasteiger partial charge in [-0.05, 0) is 61.9 Å². The molecular weight excluding hydrogens is 506 g/mol. The number of anilines is 1. The number of carbonyl (C=O) groups excluding carboxylic acids is 2. The predicted molar refractivity (Wildman–Crippen MR) is 156 cm³/mol. The number of methoxy groups -OCH3 is 1. The molecule has 1 unspecified atom stereocenters. The van der Waals surface area contributed by atoms with E-state index < -0.39 is 0 Å². The molecule has 0 bridgehead atoms. The van der Waals surface area contributed by atoms with Crippen LogP contribution in [-0.2, 0) is 21.4 Å². The van der Waals surface area contributed by atoms with Crippen LogP contribution in [-0.4, -0.2) is 58.1 Å². The van der Waals surface area contributed by atoms with Crippen molar-refractivity contribution in [2.75, 3.05) is 32.1 Å². The molecule has 1 amide bonds. The first-order chi connectivity index (χ1) is 19.3.